The van der Waals surface area contributed by atoms with Crippen LogP contribution >= 0.6 is 0 Å². The summed E-state index contributed by atoms with van der Waals surface area (Å²) in [5.74, 6) is 0.711. The molecule has 5 heteroatoms. The Morgan fingerprint density at radius 3 is 2.68 bits per heavy atom. The summed E-state index contributed by atoms with van der Waals surface area (Å²) in [5.41, 5.74) is 7.75. The molecule has 0 unspecified atom stereocenters. The summed E-state index contributed by atoms with van der Waals surface area (Å²) in [7, 11) is 2.84. The number of para-hydroxylation sites is 1. The standard InChI is InChI=1S/C14H15NO4/c1-8-7-11(19-12(8)14(16)18-3)9-5-4-6-10(15)13(9)17-2/h4-7H,15H2,1-3H3. The first-order chi connectivity index (χ1) is 9.08. The second-order valence-corrected chi connectivity index (χ2v) is 4.04. The minimum Gasteiger partial charge on any atom is -0.494 e. The number of nitrogens with two attached hydrogens (primary N) is 1. The van der Waals surface area contributed by atoms with Crippen molar-refractivity contribution >= 4 is 11.7 Å². The number of carbonyl (C=O) groups excluding carboxylic acids is 1. The van der Waals surface area contributed by atoms with Crippen molar-refractivity contribution in [2.24, 2.45) is 0 Å². The zero-order chi connectivity index (χ0) is 14.0. The third kappa shape index (κ3) is 2.27. The molecule has 1 heterocycles. The van der Waals surface area contributed by atoms with Gasteiger partial charge in [-0.05, 0) is 25.1 Å². The zero-order valence-corrected chi connectivity index (χ0v) is 11.0. The Balaban J connectivity index is 2.54. The van der Waals surface area contributed by atoms with Crippen LogP contribution in [0.5, 0.6) is 5.75 Å². The van der Waals surface area contributed by atoms with Gasteiger partial charge in [0.05, 0.1) is 25.5 Å². The van der Waals surface area contributed by atoms with E-state index < -0.39 is 5.97 Å². The van der Waals surface area contributed by atoms with Gasteiger partial charge in [0.1, 0.15) is 5.76 Å². The summed E-state index contributed by atoms with van der Waals surface area (Å²) in [5, 5.41) is 0. The SMILES string of the molecule is COC(=O)c1oc(-c2cccc(N)c2OC)cc1C. The molecular weight excluding hydrogens is 246 g/mol. The first-order valence-electron chi connectivity index (χ1n) is 5.70. The average molecular weight is 261 g/mol. The maximum absolute atomic E-state index is 11.5. The maximum Gasteiger partial charge on any atom is 0.374 e. The van der Waals surface area contributed by atoms with E-state index in [1.54, 1.807) is 25.1 Å². The first-order valence-corrected chi connectivity index (χ1v) is 5.70. The summed E-state index contributed by atoms with van der Waals surface area (Å²) < 4.78 is 15.5. The number of benzene rings is 1. The number of carbonyl (C=O) groups is 1. The van der Waals surface area contributed by atoms with E-state index in [-0.39, 0.29) is 5.76 Å². The third-order valence-electron chi connectivity index (χ3n) is 2.80. The number of nitrogen functional groups attached to an aromatic ring is 1. The Morgan fingerprint density at radius 1 is 1.32 bits per heavy atom. The molecule has 0 radical (unpaired) electrons. The van der Waals surface area contributed by atoms with Crippen molar-refractivity contribution in [3.05, 3.63) is 35.6 Å². The van der Waals surface area contributed by atoms with Crippen LogP contribution in [-0.4, -0.2) is 20.2 Å². The third-order valence-corrected chi connectivity index (χ3v) is 2.80. The Kier molecular flexibility index (Phi) is 3.46. The molecule has 0 aliphatic heterocycles. The van der Waals surface area contributed by atoms with Crippen molar-refractivity contribution in [3.63, 3.8) is 0 Å². The Morgan fingerprint density at radius 2 is 2.05 bits per heavy atom. The minimum absolute atomic E-state index is 0.182. The number of hydrogen-bond donors (Lipinski definition) is 1. The molecule has 100 valence electrons. The lowest BCUT2D eigenvalue weighted by atomic mass is 10.1. The lowest BCUT2D eigenvalue weighted by Gasteiger charge is -2.08. The number of anilines is 1. The van der Waals surface area contributed by atoms with Gasteiger partial charge in [0.15, 0.2) is 5.75 Å². The van der Waals surface area contributed by atoms with Crippen LogP contribution in [0.4, 0.5) is 5.69 Å². The maximum atomic E-state index is 11.5. The number of furan rings is 1. The van der Waals surface area contributed by atoms with Gasteiger partial charge in [0, 0.05) is 5.56 Å². The molecule has 0 saturated heterocycles. The Bertz CT molecular complexity index is 616. The van der Waals surface area contributed by atoms with Gasteiger partial charge in [-0.1, -0.05) is 6.07 Å². The molecule has 2 aromatic rings. The second-order valence-electron chi connectivity index (χ2n) is 4.04. The summed E-state index contributed by atoms with van der Waals surface area (Å²) >= 11 is 0. The van der Waals surface area contributed by atoms with Gasteiger partial charge in [-0.15, -0.1) is 0 Å². The fraction of sp³-hybridized carbons (Fsp3) is 0.214. The second kappa shape index (κ2) is 5.06. The van der Waals surface area contributed by atoms with Gasteiger partial charge in [0.2, 0.25) is 5.76 Å². The van der Waals surface area contributed by atoms with E-state index in [1.165, 1.54) is 14.2 Å². The molecule has 1 aromatic heterocycles. The monoisotopic (exact) mass is 261 g/mol. The first kappa shape index (κ1) is 13.0. The highest BCUT2D eigenvalue weighted by Crippen LogP contribution is 2.36. The van der Waals surface area contributed by atoms with Gasteiger partial charge in [0.25, 0.3) is 0 Å². The Hall–Kier alpha value is -2.43. The van der Waals surface area contributed by atoms with Crippen LogP contribution in [0.3, 0.4) is 0 Å². The fourth-order valence-electron chi connectivity index (χ4n) is 1.89. The van der Waals surface area contributed by atoms with Crippen molar-refractivity contribution in [3.8, 4) is 17.1 Å². The molecule has 0 amide bonds. The summed E-state index contributed by atoms with van der Waals surface area (Å²) in [4.78, 5) is 11.5. The number of rotatable bonds is 3. The van der Waals surface area contributed by atoms with Gasteiger partial charge in [-0.25, -0.2) is 4.79 Å². The lowest BCUT2D eigenvalue weighted by molar-refractivity contribution is 0.0565. The van der Waals surface area contributed by atoms with Crippen molar-refractivity contribution in [1.82, 2.24) is 0 Å². The molecule has 0 aliphatic rings. The normalized spacial score (nSPS) is 10.3. The highest BCUT2D eigenvalue weighted by Gasteiger charge is 2.19. The van der Waals surface area contributed by atoms with Gasteiger partial charge in [-0.3, -0.25) is 0 Å². The summed E-state index contributed by atoms with van der Waals surface area (Å²) in [6.07, 6.45) is 0. The number of methoxy groups -OCH3 is 2. The topological polar surface area (TPSA) is 74.7 Å². The molecule has 0 fully saturated rings. The van der Waals surface area contributed by atoms with E-state index in [2.05, 4.69) is 4.74 Å². The minimum atomic E-state index is -0.508. The smallest absolute Gasteiger partial charge is 0.374 e. The van der Waals surface area contributed by atoms with Gasteiger partial charge in [-0.2, -0.15) is 0 Å². The number of aryl methyl sites for hydroxylation is 1. The summed E-state index contributed by atoms with van der Waals surface area (Å²) in [6, 6.07) is 7.10. The average Bonchev–Trinajstić information content (AvgIpc) is 2.79. The highest BCUT2D eigenvalue weighted by atomic mass is 16.5. The van der Waals surface area contributed by atoms with Crippen molar-refractivity contribution in [2.45, 2.75) is 6.92 Å². The fourth-order valence-corrected chi connectivity index (χ4v) is 1.89. The van der Waals surface area contributed by atoms with Crippen molar-refractivity contribution in [2.75, 3.05) is 20.0 Å². The molecule has 0 spiro atoms. The molecule has 0 aliphatic carbocycles. The molecule has 0 bridgehead atoms. The van der Waals surface area contributed by atoms with Crippen LogP contribution in [0.2, 0.25) is 0 Å². The molecule has 2 N–H and O–H groups in total. The van der Waals surface area contributed by atoms with Crippen LogP contribution in [0.25, 0.3) is 11.3 Å². The predicted molar refractivity (Wildman–Crippen MR) is 71.2 cm³/mol. The van der Waals surface area contributed by atoms with Crippen LogP contribution in [-0.2, 0) is 4.74 Å². The largest absolute Gasteiger partial charge is 0.494 e. The van der Waals surface area contributed by atoms with Crippen LogP contribution in [0.15, 0.2) is 28.7 Å². The quantitative estimate of drug-likeness (QED) is 0.679. The molecule has 5 nitrogen and oxygen atoms in total. The molecular formula is C14H15NO4. The number of hydrogen-bond acceptors (Lipinski definition) is 5. The zero-order valence-electron chi connectivity index (χ0n) is 11.0. The summed E-state index contributed by atoms with van der Waals surface area (Å²) in [6.45, 7) is 1.78. The van der Waals surface area contributed by atoms with E-state index in [1.807, 2.05) is 6.07 Å². The predicted octanol–water partition coefficient (Wildman–Crippen LogP) is 2.63. The molecule has 19 heavy (non-hydrogen) atoms. The van der Waals surface area contributed by atoms with Gasteiger partial charge < -0.3 is 19.6 Å². The van der Waals surface area contributed by atoms with Crippen LogP contribution < -0.4 is 10.5 Å². The lowest BCUT2D eigenvalue weighted by Crippen LogP contribution is -2.00. The number of esters is 1. The molecule has 0 saturated carbocycles. The Labute approximate surface area is 110 Å². The van der Waals surface area contributed by atoms with Crippen LogP contribution in [0, 0.1) is 6.92 Å². The van der Waals surface area contributed by atoms with E-state index >= 15 is 0 Å². The van der Waals surface area contributed by atoms with Crippen LogP contribution in [0.1, 0.15) is 16.1 Å². The van der Waals surface area contributed by atoms with E-state index in [0.717, 1.165) is 0 Å². The highest BCUT2D eigenvalue weighted by molar-refractivity contribution is 5.89. The van der Waals surface area contributed by atoms with E-state index in [4.69, 9.17) is 14.9 Å². The molecule has 1 aromatic carbocycles. The molecule has 0 atom stereocenters. The van der Waals surface area contributed by atoms with Crippen molar-refractivity contribution in [1.29, 1.82) is 0 Å². The molecule has 2 rings (SSSR count). The van der Waals surface area contributed by atoms with Crippen molar-refractivity contribution < 1.29 is 18.7 Å². The van der Waals surface area contributed by atoms with Gasteiger partial charge >= 0.3 is 5.97 Å². The van der Waals surface area contributed by atoms with E-state index in [0.29, 0.717) is 28.3 Å². The number of ether oxygens (including phenoxy) is 2. The van der Waals surface area contributed by atoms with E-state index in [9.17, 15) is 4.79 Å².